The molecule has 1 aliphatic rings. The zero-order chi connectivity index (χ0) is 33.9. The molecule has 3 aromatic rings. The summed E-state index contributed by atoms with van der Waals surface area (Å²) in [4.78, 5) is 39.8. The summed E-state index contributed by atoms with van der Waals surface area (Å²) in [7, 11) is 0. The number of carbonyl (C=O) groups is 3. The van der Waals surface area contributed by atoms with Gasteiger partial charge in [0.05, 0.1) is 52.5 Å². The molecule has 0 bridgehead atoms. The minimum absolute atomic E-state index is 0.123. The van der Waals surface area contributed by atoms with E-state index in [1.165, 1.54) is 0 Å². The van der Waals surface area contributed by atoms with E-state index >= 15 is 0 Å². The smallest absolute Gasteiger partial charge is 0.433 e. The molecular weight excluding hydrogens is 670 g/mol. The molecule has 1 fully saturated rings. The van der Waals surface area contributed by atoms with Gasteiger partial charge in [0.2, 0.25) is 0 Å². The lowest BCUT2D eigenvalue weighted by Gasteiger charge is -2.29. The molecule has 2 aromatic carbocycles. The molecule has 0 radical (unpaired) electrons. The van der Waals surface area contributed by atoms with Crippen molar-refractivity contribution in [2.75, 3.05) is 13.2 Å². The molecule has 1 aromatic heterocycles. The average molecular weight is 696 g/mol. The topological polar surface area (TPSA) is 81.5 Å². The molecule has 46 heavy (non-hydrogen) atoms. The van der Waals surface area contributed by atoms with Gasteiger partial charge in [-0.15, -0.1) is 0 Å². The zero-order valence-electron chi connectivity index (χ0n) is 24.0. The number of aromatic nitrogens is 2. The van der Waals surface area contributed by atoms with E-state index in [-0.39, 0.29) is 37.9 Å². The van der Waals surface area contributed by atoms with Gasteiger partial charge in [0.25, 0.3) is 12.3 Å². The highest BCUT2D eigenvalue weighted by molar-refractivity contribution is 6.40. The Balaban J connectivity index is 1.71. The van der Waals surface area contributed by atoms with Gasteiger partial charge in [0.15, 0.2) is 11.5 Å². The first-order valence-corrected chi connectivity index (χ1v) is 14.7. The summed E-state index contributed by atoms with van der Waals surface area (Å²) in [5.41, 5.74) is -3.66. The minimum atomic E-state index is -5.11. The fourth-order valence-corrected chi connectivity index (χ4v) is 6.14. The highest BCUT2D eigenvalue weighted by atomic mass is 35.5. The van der Waals surface area contributed by atoms with E-state index in [1.54, 1.807) is 6.92 Å². The summed E-state index contributed by atoms with van der Waals surface area (Å²) < 4.78 is 104. The third kappa shape index (κ3) is 8.00. The third-order valence-corrected chi connectivity index (χ3v) is 8.07. The number of ether oxygens (including phenoxy) is 1. The Morgan fingerprint density at radius 3 is 2.11 bits per heavy atom. The molecule has 1 heterocycles. The lowest BCUT2D eigenvalue weighted by molar-refractivity contribution is -0.151. The van der Waals surface area contributed by atoms with Crippen molar-refractivity contribution in [2.45, 2.75) is 57.8 Å². The van der Waals surface area contributed by atoms with Gasteiger partial charge in [-0.3, -0.25) is 19.1 Å². The van der Waals surface area contributed by atoms with Gasteiger partial charge >= 0.3 is 12.1 Å². The molecule has 1 amide bonds. The Morgan fingerprint density at radius 1 is 1.00 bits per heavy atom. The normalized spacial score (nSPS) is 16.8. The second-order valence-corrected chi connectivity index (χ2v) is 11.4. The van der Waals surface area contributed by atoms with Crippen molar-refractivity contribution in [1.82, 2.24) is 14.7 Å². The van der Waals surface area contributed by atoms with Gasteiger partial charge in [-0.1, -0.05) is 23.2 Å². The summed E-state index contributed by atoms with van der Waals surface area (Å²) in [6.45, 7) is 0.0475. The Hall–Kier alpha value is -3.65. The molecule has 1 aliphatic carbocycles. The molecule has 16 heteroatoms. The molecular formula is C30H26Cl2F7N3O4. The largest absolute Gasteiger partial charge is 0.466 e. The van der Waals surface area contributed by atoms with Gasteiger partial charge in [0, 0.05) is 18.2 Å². The van der Waals surface area contributed by atoms with Crippen molar-refractivity contribution in [3.05, 3.63) is 86.2 Å². The number of carbonyl (C=O) groups excluding carboxylic acids is 3. The van der Waals surface area contributed by atoms with Crippen LogP contribution in [0.15, 0.2) is 36.5 Å². The fraction of sp³-hybridized carbons (Fsp3) is 0.400. The third-order valence-electron chi connectivity index (χ3n) is 7.47. The maximum atomic E-state index is 14.5. The number of Topliss-reactive ketones (excluding diaryl/α,β-unsaturated/α-hetero) is 1. The number of halogens is 9. The van der Waals surface area contributed by atoms with Crippen LogP contribution in [0.4, 0.5) is 30.7 Å². The lowest BCUT2D eigenvalue weighted by Crippen LogP contribution is -2.37. The van der Waals surface area contributed by atoms with Crippen LogP contribution < -0.4 is 0 Å². The molecule has 4 rings (SSSR count). The predicted octanol–water partition coefficient (Wildman–Crippen LogP) is 8.24. The number of ketones is 1. The summed E-state index contributed by atoms with van der Waals surface area (Å²) in [5, 5.41) is 2.86. The number of esters is 1. The van der Waals surface area contributed by atoms with E-state index in [1.807, 2.05) is 0 Å². The van der Waals surface area contributed by atoms with Gasteiger partial charge in [-0.25, -0.2) is 17.6 Å². The van der Waals surface area contributed by atoms with E-state index in [0.717, 1.165) is 24.3 Å². The first-order valence-electron chi connectivity index (χ1n) is 14.0. The number of hydrogen-bond acceptors (Lipinski definition) is 5. The zero-order valence-corrected chi connectivity index (χ0v) is 25.5. The van der Waals surface area contributed by atoms with Gasteiger partial charge < -0.3 is 9.64 Å². The van der Waals surface area contributed by atoms with E-state index in [2.05, 4.69) is 5.10 Å². The van der Waals surface area contributed by atoms with Crippen LogP contribution in [0.2, 0.25) is 10.0 Å². The van der Waals surface area contributed by atoms with Crippen molar-refractivity contribution in [3.8, 4) is 0 Å². The summed E-state index contributed by atoms with van der Waals surface area (Å²) >= 11 is 12.1. The van der Waals surface area contributed by atoms with Crippen LogP contribution >= 0.6 is 23.2 Å². The first kappa shape index (κ1) is 35.2. The standard InChI is InChI=1S/C30H26Cl2F7N3O4/c1-2-46-29(45)16-3-5-20(6-4-16)42-26(30(37,38)39)21(12-40-42)28(44)41(13-15-7-18(33)11-19(34)8-15)14-24(43)25-22(31)9-17(27(35)36)10-23(25)32/h7-12,16,20,27H,2-6,13-14H2,1H3. The Kier molecular flexibility index (Phi) is 11.0. The Morgan fingerprint density at radius 2 is 1.59 bits per heavy atom. The molecule has 0 N–H and O–H groups in total. The number of alkyl halides is 5. The number of benzene rings is 2. The molecule has 7 nitrogen and oxygen atoms in total. The second-order valence-electron chi connectivity index (χ2n) is 10.6. The number of rotatable bonds is 10. The van der Waals surface area contributed by atoms with Crippen molar-refractivity contribution >= 4 is 40.9 Å². The maximum Gasteiger partial charge on any atom is 0.433 e. The number of hydrogen-bond donors (Lipinski definition) is 0. The summed E-state index contributed by atoms with van der Waals surface area (Å²) in [5.74, 6) is -5.46. The molecule has 0 unspecified atom stereocenters. The second kappa shape index (κ2) is 14.4. The van der Waals surface area contributed by atoms with Crippen molar-refractivity contribution in [2.24, 2.45) is 5.92 Å². The van der Waals surface area contributed by atoms with Gasteiger partial charge in [0.1, 0.15) is 11.6 Å². The average Bonchev–Trinajstić information content (AvgIpc) is 3.42. The molecule has 1 saturated carbocycles. The Labute approximate surface area is 268 Å². The molecule has 0 aliphatic heterocycles. The monoisotopic (exact) mass is 695 g/mol. The van der Waals surface area contributed by atoms with Crippen LogP contribution in [-0.4, -0.2) is 45.5 Å². The highest BCUT2D eigenvalue weighted by Gasteiger charge is 2.43. The fourth-order valence-electron chi connectivity index (χ4n) is 5.42. The number of nitrogens with zero attached hydrogens (tertiary/aromatic N) is 3. The van der Waals surface area contributed by atoms with E-state index < -0.39 is 99.4 Å². The maximum absolute atomic E-state index is 14.5. The molecule has 0 saturated heterocycles. The molecule has 0 spiro atoms. The quantitative estimate of drug-likeness (QED) is 0.121. The van der Waals surface area contributed by atoms with Crippen LogP contribution in [0.25, 0.3) is 0 Å². The van der Waals surface area contributed by atoms with Crippen LogP contribution in [0, 0.1) is 17.6 Å². The minimum Gasteiger partial charge on any atom is -0.466 e. The van der Waals surface area contributed by atoms with Crippen molar-refractivity contribution in [3.63, 3.8) is 0 Å². The molecule has 0 atom stereocenters. The Bertz CT molecular complexity index is 1580. The lowest BCUT2D eigenvalue weighted by atomic mass is 9.86. The highest BCUT2D eigenvalue weighted by Crippen LogP contribution is 2.40. The van der Waals surface area contributed by atoms with E-state index in [0.29, 0.717) is 21.8 Å². The molecule has 248 valence electrons. The van der Waals surface area contributed by atoms with Gasteiger partial charge in [-0.05, 0) is 62.4 Å². The van der Waals surface area contributed by atoms with Crippen LogP contribution in [0.3, 0.4) is 0 Å². The van der Waals surface area contributed by atoms with Crippen molar-refractivity contribution < 1.29 is 49.9 Å². The van der Waals surface area contributed by atoms with E-state index in [9.17, 15) is 45.1 Å². The van der Waals surface area contributed by atoms with Crippen molar-refractivity contribution in [1.29, 1.82) is 0 Å². The summed E-state index contributed by atoms with van der Waals surface area (Å²) in [6.07, 6.45) is -6.72. The SMILES string of the molecule is CCOC(=O)C1CCC(n2ncc(C(=O)N(CC(=O)c3c(Cl)cc(C(F)F)cc3Cl)Cc3cc(F)cc(F)c3)c2C(F)(F)F)CC1. The van der Waals surface area contributed by atoms with Crippen LogP contribution in [0.1, 0.15) is 82.6 Å². The van der Waals surface area contributed by atoms with Gasteiger partial charge in [-0.2, -0.15) is 18.3 Å². The van der Waals surface area contributed by atoms with Crippen LogP contribution in [0.5, 0.6) is 0 Å². The predicted molar refractivity (Wildman–Crippen MR) is 152 cm³/mol. The summed E-state index contributed by atoms with van der Waals surface area (Å²) in [6, 6.07) is 2.90. The van der Waals surface area contributed by atoms with E-state index in [4.69, 9.17) is 27.9 Å². The first-order chi connectivity index (χ1) is 21.6. The van der Waals surface area contributed by atoms with Crippen LogP contribution in [-0.2, 0) is 22.3 Å². The number of amides is 1.